The fourth-order valence-corrected chi connectivity index (χ4v) is 4.50. The van der Waals surface area contributed by atoms with E-state index in [2.05, 4.69) is 102 Å². The molecule has 2 aliphatic heterocycles. The second-order valence-electron chi connectivity index (χ2n) is 10.9. The van der Waals surface area contributed by atoms with Crippen LogP contribution in [0.1, 0.15) is 48.7 Å². The Bertz CT molecular complexity index is 1370. The highest BCUT2D eigenvalue weighted by atomic mass is 15.4. The van der Waals surface area contributed by atoms with Crippen LogP contribution in [-0.2, 0) is 25.2 Å². The van der Waals surface area contributed by atoms with E-state index in [0.717, 1.165) is 53.8 Å². The molecule has 0 saturated carbocycles. The van der Waals surface area contributed by atoms with Crippen LogP contribution in [0.3, 0.4) is 0 Å². The highest BCUT2D eigenvalue weighted by Crippen LogP contribution is 2.20. The zero-order valence-corrected chi connectivity index (χ0v) is 22.5. The van der Waals surface area contributed by atoms with Gasteiger partial charge in [0.2, 0.25) is 0 Å². The molecular weight excluding hydrogens is 462 g/mol. The summed E-state index contributed by atoms with van der Waals surface area (Å²) in [5.74, 6) is 1.76. The third kappa shape index (κ3) is 5.61. The largest absolute Gasteiger partial charge is 0.381 e. The monoisotopic (exact) mass is 499 g/mol. The van der Waals surface area contributed by atoms with Crippen LogP contribution in [0, 0.1) is 6.92 Å². The number of rotatable bonds is 7. The lowest BCUT2D eigenvalue weighted by Gasteiger charge is -2.22. The Balaban J connectivity index is 1.23. The number of benzene rings is 1. The minimum Gasteiger partial charge on any atom is -0.381 e. The normalized spacial score (nSPS) is 15.9. The van der Waals surface area contributed by atoms with E-state index in [1.165, 1.54) is 16.8 Å². The average Bonchev–Trinajstić information content (AvgIpc) is 3.50. The van der Waals surface area contributed by atoms with Gasteiger partial charge in [-0.25, -0.2) is 0 Å². The molecule has 3 aromatic rings. The number of aliphatic imine (C=N–C) groups is 1. The van der Waals surface area contributed by atoms with Crippen molar-refractivity contribution in [1.29, 1.82) is 0 Å². The molecule has 9 nitrogen and oxygen atoms in total. The highest BCUT2D eigenvalue weighted by Gasteiger charge is 2.18. The molecule has 0 saturated heterocycles. The predicted molar refractivity (Wildman–Crippen MR) is 149 cm³/mol. The van der Waals surface area contributed by atoms with Gasteiger partial charge in [-0.2, -0.15) is 10.2 Å². The first kappa shape index (κ1) is 24.8. The minimum absolute atomic E-state index is 0.0543. The summed E-state index contributed by atoms with van der Waals surface area (Å²) in [6, 6.07) is 8.61. The van der Waals surface area contributed by atoms with Gasteiger partial charge >= 0.3 is 0 Å². The van der Waals surface area contributed by atoms with Crippen molar-refractivity contribution in [3.8, 4) is 0 Å². The van der Waals surface area contributed by atoms with Crippen molar-refractivity contribution < 1.29 is 0 Å². The van der Waals surface area contributed by atoms with E-state index in [4.69, 9.17) is 10.1 Å². The van der Waals surface area contributed by atoms with E-state index < -0.39 is 0 Å². The SMILES string of the molecule is C=C(NCc1ccc(C2=NCNC(Nc3cc4n(n3)CCN(C)C4)=C2)cc1C)c1cnn(C(C)(C)C)c1. The Kier molecular flexibility index (Phi) is 6.64. The number of anilines is 1. The fraction of sp³-hybridized carbons (Fsp3) is 0.393. The number of aryl methyl sites for hydroxylation is 1. The Morgan fingerprint density at radius 2 is 2.03 bits per heavy atom. The third-order valence-electron chi connectivity index (χ3n) is 6.80. The van der Waals surface area contributed by atoms with Crippen LogP contribution in [0.25, 0.3) is 5.70 Å². The van der Waals surface area contributed by atoms with Crippen LogP contribution < -0.4 is 16.0 Å². The van der Waals surface area contributed by atoms with E-state index >= 15 is 0 Å². The van der Waals surface area contributed by atoms with Gasteiger partial charge in [0, 0.05) is 54.8 Å². The van der Waals surface area contributed by atoms with Crippen LogP contribution >= 0.6 is 0 Å². The molecule has 0 aliphatic carbocycles. The van der Waals surface area contributed by atoms with Crippen LogP contribution in [0.2, 0.25) is 0 Å². The molecule has 0 fully saturated rings. The molecule has 9 heteroatoms. The first-order valence-corrected chi connectivity index (χ1v) is 12.8. The summed E-state index contributed by atoms with van der Waals surface area (Å²) in [5.41, 5.74) is 7.52. The number of hydrogen-bond donors (Lipinski definition) is 3. The second-order valence-corrected chi connectivity index (χ2v) is 10.9. The van der Waals surface area contributed by atoms with Gasteiger partial charge < -0.3 is 16.0 Å². The van der Waals surface area contributed by atoms with E-state index in [1.54, 1.807) is 0 Å². The summed E-state index contributed by atoms with van der Waals surface area (Å²) >= 11 is 0. The topological polar surface area (TPSA) is 87.3 Å². The maximum Gasteiger partial charge on any atom is 0.153 e. The quantitative estimate of drug-likeness (QED) is 0.460. The molecule has 0 amide bonds. The molecule has 3 N–H and O–H groups in total. The van der Waals surface area contributed by atoms with Crippen molar-refractivity contribution in [2.75, 3.05) is 25.6 Å². The van der Waals surface area contributed by atoms with Crippen molar-refractivity contribution in [3.63, 3.8) is 0 Å². The van der Waals surface area contributed by atoms with Crippen LogP contribution in [0.4, 0.5) is 5.82 Å². The Morgan fingerprint density at radius 1 is 1.19 bits per heavy atom. The molecule has 0 radical (unpaired) electrons. The summed E-state index contributed by atoms with van der Waals surface area (Å²) in [6.07, 6.45) is 5.95. The third-order valence-corrected chi connectivity index (χ3v) is 6.80. The van der Waals surface area contributed by atoms with Gasteiger partial charge in [-0.3, -0.25) is 19.3 Å². The number of hydrogen-bond acceptors (Lipinski definition) is 7. The van der Waals surface area contributed by atoms with Crippen molar-refractivity contribution in [3.05, 3.63) is 83.1 Å². The lowest BCUT2D eigenvalue weighted by Crippen LogP contribution is -2.30. The summed E-state index contributed by atoms with van der Waals surface area (Å²) in [4.78, 5) is 7.00. The Morgan fingerprint density at radius 3 is 2.78 bits per heavy atom. The predicted octanol–water partition coefficient (Wildman–Crippen LogP) is 3.65. The molecule has 0 bridgehead atoms. The molecule has 1 aromatic carbocycles. The molecule has 0 atom stereocenters. The standard InChI is InChI=1S/C28H37N9/c1-19-11-21(7-8-22(19)14-29-20(2)23-15-32-37(16-23)28(3,4)5)25-13-26(31-18-30-25)33-27-12-24-17-35(6)9-10-36(24)34-27/h7-8,11-13,15-16,29,31H,2,9-10,14,17-18H2,1,3-6H3,(H,33,34). The molecule has 5 rings (SSSR count). The molecule has 4 heterocycles. The molecule has 194 valence electrons. The highest BCUT2D eigenvalue weighted by molar-refractivity contribution is 6.09. The lowest BCUT2D eigenvalue weighted by atomic mass is 10.0. The van der Waals surface area contributed by atoms with Gasteiger partial charge in [-0.15, -0.1) is 0 Å². The van der Waals surface area contributed by atoms with Gasteiger partial charge in [0.05, 0.1) is 29.7 Å². The summed E-state index contributed by atoms with van der Waals surface area (Å²) < 4.78 is 4.05. The van der Waals surface area contributed by atoms with Gasteiger partial charge in [-0.05, 0) is 51.9 Å². The smallest absolute Gasteiger partial charge is 0.153 e. The van der Waals surface area contributed by atoms with Crippen molar-refractivity contribution >= 4 is 17.2 Å². The van der Waals surface area contributed by atoms with E-state index in [-0.39, 0.29) is 5.54 Å². The Hall–Kier alpha value is -3.85. The zero-order valence-electron chi connectivity index (χ0n) is 22.5. The average molecular weight is 500 g/mol. The van der Waals surface area contributed by atoms with Gasteiger partial charge in [0.15, 0.2) is 5.82 Å². The summed E-state index contributed by atoms with van der Waals surface area (Å²) in [6.45, 7) is 16.8. The first-order valence-electron chi connectivity index (χ1n) is 12.8. The van der Waals surface area contributed by atoms with E-state index in [9.17, 15) is 0 Å². The minimum atomic E-state index is -0.0543. The van der Waals surface area contributed by atoms with E-state index in [0.29, 0.717) is 13.2 Å². The zero-order chi connectivity index (χ0) is 26.2. The molecule has 2 aromatic heterocycles. The van der Waals surface area contributed by atoms with Crippen LogP contribution in [0.15, 0.2) is 60.1 Å². The van der Waals surface area contributed by atoms with Crippen LogP contribution in [0.5, 0.6) is 0 Å². The molecule has 0 spiro atoms. The number of nitrogens with one attached hydrogen (secondary N) is 3. The number of likely N-dealkylation sites (N-methyl/N-ethyl adjacent to an activating group) is 1. The fourth-order valence-electron chi connectivity index (χ4n) is 4.50. The van der Waals surface area contributed by atoms with Gasteiger partial charge in [-0.1, -0.05) is 18.7 Å². The van der Waals surface area contributed by atoms with Gasteiger partial charge in [0.25, 0.3) is 0 Å². The molecular formula is C28H37N9. The second kappa shape index (κ2) is 9.89. The maximum absolute atomic E-state index is 4.71. The molecule has 37 heavy (non-hydrogen) atoms. The number of fused-ring (bicyclic) bond motifs is 1. The number of aromatic nitrogens is 4. The lowest BCUT2D eigenvalue weighted by molar-refractivity contribution is 0.259. The van der Waals surface area contributed by atoms with Crippen molar-refractivity contribution in [2.24, 2.45) is 4.99 Å². The summed E-state index contributed by atoms with van der Waals surface area (Å²) in [5, 5.41) is 19.4. The molecule has 2 aliphatic rings. The number of allylic oxidation sites excluding steroid dienone is 1. The van der Waals surface area contributed by atoms with Gasteiger partial charge in [0.1, 0.15) is 12.5 Å². The van der Waals surface area contributed by atoms with Crippen LogP contribution in [-0.4, -0.2) is 50.4 Å². The van der Waals surface area contributed by atoms with Crippen molar-refractivity contribution in [1.82, 2.24) is 35.1 Å². The first-order chi connectivity index (χ1) is 17.7. The Labute approximate surface area is 219 Å². The molecule has 0 unspecified atom stereocenters. The summed E-state index contributed by atoms with van der Waals surface area (Å²) in [7, 11) is 2.14. The maximum atomic E-state index is 4.71. The number of nitrogens with zero attached hydrogens (tertiary/aromatic N) is 6. The van der Waals surface area contributed by atoms with Crippen molar-refractivity contribution in [2.45, 2.75) is 52.9 Å². The van der Waals surface area contributed by atoms with E-state index in [1.807, 2.05) is 17.1 Å².